The van der Waals surface area contributed by atoms with E-state index in [0.717, 1.165) is 16.7 Å². The summed E-state index contributed by atoms with van der Waals surface area (Å²) in [5, 5.41) is 0. The number of hydrogen-bond donors (Lipinski definition) is 1. The molecule has 0 radical (unpaired) electrons. The fourth-order valence-corrected chi connectivity index (χ4v) is 1.89. The van der Waals surface area contributed by atoms with Gasteiger partial charge >= 0.3 is 0 Å². The zero-order valence-electron chi connectivity index (χ0n) is 10.1. The van der Waals surface area contributed by atoms with Crippen LogP contribution in [0.25, 0.3) is 11.1 Å². The number of rotatable bonds is 2. The predicted octanol–water partition coefficient (Wildman–Crippen LogP) is 3.82. The Hall–Kier alpha value is -1.67. The van der Waals surface area contributed by atoms with Gasteiger partial charge in [-0.05, 0) is 42.7 Å². The summed E-state index contributed by atoms with van der Waals surface area (Å²) < 4.78 is 13.8. The summed E-state index contributed by atoms with van der Waals surface area (Å²) >= 11 is 0. The van der Waals surface area contributed by atoms with Gasteiger partial charge in [0.25, 0.3) is 0 Å². The Balaban J connectivity index is 2.59. The zero-order valence-corrected chi connectivity index (χ0v) is 10.1. The van der Waals surface area contributed by atoms with Gasteiger partial charge < -0.3 is 5.73 Å². The van der Waals surface area contributed by atoms with E-state index in [2.05, 4.69) is 0 Å². The second-order valence-corrected chi connectivity index (χ2v) is 4.34. The number of nitrogens with two attached hydrogens (primary N) is 1. The molecule has 0 saturated carbocycles. The molecule has 17 heavy (non-hydrogen) atoms. The maximum Gasteiger partial charge on any atom is 0.131 e. The highest BCUT2D eigenvalue weighted by atomic mass is 19.1. The van der Waals surface area contributed by atoms with Crippen LogP contribution in [0.1, 0.15) is 24.1 Å². The van der Waals surface area contributed by atoms with E-state index in [1.807, 2.05) is 38.1 Å². The van der Waals surface area contributed by atoms with Crippen molar-refractivity contribution in [2.45, 2.75) is 19.9 Å². The van der Waals surface area contributed by atoms with Crippen LogP contribution in [-0.2, 0) is 0 Å². The smallest absolute Gasteiger partial charge is 0.131 e. The highest BCUT2D eigenvalue weighted by molar-refractivity contribution is 5.68. The van der Waals surface area contributed by atoms with Gasteiger partial charge in [0.2, 0.25) is 0 Å². The summed E-state index contributed by atoms with van der Waals surface area (Å²) in [7, 11) is 0. The highest BCUT2D eigenvalue weighted by Gasteiger charge is 2.09. The van der Waals surface area contributed by atoms with Gasteiger partial charge in [-0.2, -0.15) is 0 Å². The van der Waals surface area contributed by atoms with Gasteiger partial charge in [-0.25, -0.2) is 4.39 Å². The number of aryl methyl sites for hydroxylation is 1. The Morgan fingerprint density at radius 3 is 2.41 bits per heavy atom. The van der Waals surface area contributed by atoms with Crippen molar-refractivity contribution in [1.29, 1.82) is 0 Å². The SMILES string of the molecule is Cc1ccc(C(C)N)cc1-c1ccccc1F. The van der Waals surface area contributed by atoms with Crippen LogP contribution < -0.4 is 5.73 Å². The largest absolute Gasteiger partial charge is 0.324 e. The van der Waals surface area contributed by atoms with E-state index in [0.29, 0.717) is 5.56 Å². The second kappa shape index (κ2) is 4.68. The summed E-state index contributed by atoms with van der Waals surface area (Å²) in [4.78, 5) is 0. The first-order valence-electron chi connectivity index (χ1n) is 5.70. The number of hydrogen-bond acceptors (Lipinski definition) is 1. The maximum absolute atomic E-state index is 13.8. The topological polar surface area (TPSA) is 26.0 Å². The molecule has 2 rings (SSSR count). The first-order valence-corrected chi connectivity index (χ1v) is 5.70. The normalized spacial score (nSPS) is 12.5. The fraction of sp³-hybridized carbons (Fsp3) is 0.200. The Bertz CT molecular complexity index is 532. The fourth-order valence-electron chi connectivity index (χ4n) is 1.89. The van der Waals surface area contributed by atoms with E-state index < -0.39 is 0 Å². The first kappa shape index (κ1) is 11.8. The minimum atomic E-state index is -0.197. The minimum Gasteiger partial charge on any atom is -0.324 e. The van der Waals surface area contributed by atoms with Crippen LogP contribution in [0, 0.1) is 12.7 Å². The third-order valence-corrected chi connectivity index (χ3v) is 2.95. The molecule has 0 fully saturated rings. The molecule has 1 unspecified atom stereocenters. The first-order chi connectivity index (χ1) is 8.09. The lowest BCUT2D eigenvalue weighted by atomic mass is 9.96. The Labute approximate surface area is 101 Å². The standard InChI is InChI=1S/C15H16FN/c1-10-7-8-12(11(2)17)9-14(10)13-5-3-4-6-15(13)16/h3-9,11H,17H2,1-2H3. The molecular formula is C15H16FN. The molecule has 88 valence electrons. The monoisotopic (exact) mass is 229 g/mol. The lowest BCUT2D eigenvalue weighted by Crippen LogP contribution is -2.05. The lowest BCUT2D eigenvalue weighted by Gasteiger charge is -2.12. The predicted molar refractivity (Wildman–Crippen MR) is 69.2 cm³/mol. The quantitative estimate of drug-likeness (QED) is 0.832. The molecule has 1 nitrogen and oxygen atoms in total. The molecule has 2 heteroatoms. The lowest BCUT2D eigenvalue weighted by molar-refractivity contribution is 0.631. The van der Waals surface area contributed by atoms with E-state index in [1.54, 1.807) is 12.1 Å². The average Bonchev–Trinajstić information content (AvgIpc) is 2.30. The van der Waals surface area contributed by atoms with Gasteiger partial charge in [-0.15, -0.1) is 0 Å². The molecule has 2 N–H and O–H groups in total. The van der Waals surface area contributed by atoms with Crippen molar-refractivity contribution >= 4 is 0 Å². The molecule has 0 amide bonds. The van der Waals surface area contributed by atoms with Gasteiger partial charge in [0.1, 0.15) is 5.82 Å². The molecule has 0 spiro atoms. The van der Waals surface area contributed by atoms with E-state index in [9.17, 15) is 4.39 Å². The van der Waals surface area contributed by atoms with Crippen LogP contribution in [0.2, 0.25) is 0 Å². The van der Waals surface area contributed by atoms with Gasteiger partial charge in [0, 0.05) is 11.6 Å². The van der Waals surface area contributed by atoms with Gasteiger partial charge in [-0.3, -0.25) is 0 Å². The van der Waals surface area contributed by atoms with Gasteiger partial charge in [-0.1, -0.05) is 30.3 Å². The van der Waals surface area contributed by atoms with Crippen molar-refractivity contribution in [2.24, 2.45) is 5.73 Å². The molecule has 0 aliphatic heterocycles. The van der Waals surface area contributed by atoms with E-state index in [1.165, 1.54) is 6.07 Å². The molecule has 0 aromatic heterocycles. The van der Waals surface area contributed by atoms with Gasteiger partial charge in [0.15, 0.2) is 0 Å². The van der Waals surface area contributed by atoms with E-state index in [-0.39, 0.29) is 11.9 Å². The maximum atomic E-state index is 13.8. The molecule has 1 atom stereocenters. The summed E-state index contributed by atoms with van der Waals surface area (Å²) in [5.41, 5.74) is 9.48. The van der Waals surface area contributed by atoms with Crippen molar-refractivity contribution in [2.75, 3.05) is 0 Å². The summed E-state index contributed by atoms with van der Waals surface area (Å²) in [6, 6.07) is 12.7. The second-order valence-electron chi connectivity index (χ2n) is 4.34. The summed E-state index contributed by atoms with van der Waals surface area (Å²) in [6.07, 6.45) is 0. The Morgan fingerprint density at radius 2 is 1.76 bits per heavy atom. The highest BCUT2D eigenvalue weighted by Crippen LogP contribution is 2.28. The van der Waals surface area contributed by atoms with Gasteiger partial charge in [0.05, 0.1) is 0 Å². The minimum absolute atomic E-state index is 0.0406. The molecule has 0 aliphatic carbocycles. The zero-order chi connectivity index (χ0) is 12.4. The molecule has 2 aromatic rings. The molecule has 0 bridgehead atoms. The third kappa shape index (κ3) is 2.37. The van der Waals surface area contributed by atoms with Crippen molar-refractivity contribution in [1.82, 2.24) is 0 Å². The van der Waals surface area contributed by atoms with Crippen molar-refractivity contribution < 1.29 is 4.39 Å². The number of benzene rings is 2. The van der Waals surface area contributed by atoms with Crippen LogP contribution in [0.3, 0.4) is 0 Å². The Morgan fingerprint density at radius 1 is 1.06 bits per heavy atom. The van der Waals surface area contributed by atoms with E-state index >= 15 is 0 Å². The van der Waals surface area contributed by atoms with Crippen LogP contribution in [-0.4, -0.2) is 0 Å². The molecule has 0 heterocycles. The Kier molecular flexibility index (Phi) is 3.25. The van der Waals surface area contributed by atoms with Crippen LogP contribution >= 0.6 is 0 Å². The summed E-state index contributed by atoms with van der Waals surface area (Å²) in [5.74, 6) is -0.197. The average molecular weight is 229 g/mol. The van der Waals surface area contributed by atoms with Crippen molar-refractivity contribution in [3.05, 3.63) is 59.4 Å². The summed E-state index contributed by atoms with van der Waals surface area (Å²) in [6.45, 7) is 3.91. The van der Waals surface area contributed by atoms with Crippen LogP contribution in [0.5, 0.6) is 0 Å². The van der Waals surface area contributed by atoms with Crippen molar-refractivity contribution in [3.8, 4) is 11.1 Å². The van der Waals surface area contributed by atoms with E-state index in [4.69, 9.17) is 5.73 Å². The molecular weight excluding hydrogens is 213 g/mol. The van der Waals surface area contributed by atoms with Crippen LogP contribution in [0.15, 0.2) is 42.5 Å². The van der Waals surface area contributed by atoms with Crippen molar-refractivity contribution in [3.63, 3.8) is 0 Å². The number of halogens is 1. The van der Waals surface area contributed by atoms with Crippen LogP contribution in [0.4, 0.5) is 4.39 Å². The molecule has 0 aliphatic rings. The molecule has 2 aromatic carbocycles. The third-order valence-electron chi connectivity index (χ3n) is 2.95. The molecule has 0 saturated heterocycles.